The predicted octanol–water partition coefficient (Wildman–Crippen LogP) is 0.872. The molecule has 0 saturated carbocycles. The molecule has 0 aliphatic heterocycles. The van der Waals surface area contributed by atoms with Crippen molar-refractivity contribution in [3.05, 3.63) is 17.8 Å². The molecule has 72 valence electrons. The molecule has 0 atom stereocenters. The van der Waals surface area contributed by atoms with Crippen LogP contribution in [0.4, 0.5) is 0 Å². The number of rotatable bonds is 5. The lowest BCUT2D eigenvalue weighted by molar-refractivity contribution is 0.0688. The third-order valence-electron chi connectivity index (χ3n) is 1.56. The van der Waals surface area contributed by atoms with Crippen LogP contribution in [0, 0.1) is 0 Å². The quantitative estimate of drug-likeness (QED) is 0.664. The van der Waals surface area contributed by atoms with Gasteiger partial charge in [0.1, 0.15) is 0 Å². The zero-order valence-corrected chi connectivity index (χ0v) is 7.41. The highest BCUT2D eigenvalue weighted by Gasteiger charge is 2.14. The second kappa shape index (κ2) is 4.61. The van der Waals surface area contributed by atoms with Gasteiger partial charge in [-0.25, -0.2) is 9.78 Å². The van der Waals surface area contributed by atoms with E-state index in [4.69, 9.17) is 9.52 Å². The van der Waals surface area contributed by atoms with Crippen LogP contribution < -0.4 is 5.32 Å². The fraction of sp³-hybridized carbons (Fsp3) is 0.500. The first-order valence-electron chi connectivity index (χ1n) is 4.12. The van der Waals surface area contributed by atoms with E-state index >= 15 is 0 Å². The van der Waals surface area contributed by atoms with Crippen molar-refractivity contribution < 1.29 is 14.3 Å². The molecular weight excluding hydrogens is 172 g/mol. The number of carboxylic acid groups (broad SMARTS) is 1. The number of nitrogens with zero attached hydrogens (tertiary/aromatic N) is 1. The summed E-state index contributed by atoms with van der Waals surface area (Å²) in [7, 11) is 0. The van der Waals surface area contributed by atoms with Gasteiger partial charge in [-0.05, 0) is 13.0 Å². The SMILES string of the molecule is CCCNCc1ocnc1C(=O)O. The van der Waals surface area contributed by atoms with E-state index in [0.29, 0.717) is 12.3 Å². The van der Waals surface area contributed by atoms with E-state index in [9.17, 15) is 4.79 Å². The number of hydrogen-bond acceptors (Lipinski definition) is 4. The van der Waals surface area contributed by atoms with Crippen molar-refractivity contribution in [1.82, 2.24) is 10.3 Å². The Morgan fingerprint density at radius 1 is 1.77 bits per heavy atom. The molecule has 0 spiro atoms. The molecular formula is C8H12N2O3. The maximum absolute atomic E-state index is 10.6. The first-order valence-corrected chi connectivity index (χ1v) is 4.12. The van der Waals surface area contributed by atoms with Gasteiger partial charge in [0.25, 0.3) is 0 Å². The first kappa shape index (κ1) is 9.73. The number of hydrogen-bond donors (Lipinski definition) is 2. The number of carboxylic acids is 1. The number of nitrogens with one attached hydrogen (secondary N) is 1. The second-order valence-corrected chi connectivity index (χ2v) is 2.61. The summed E-state index contributed by atoms with van der Waals surface area (Å²) >= 11 is 0. The van der Waals surface area contributed by atoms with E-state index in [2.05, 4.69) is 10.3 Å². The molecule has 1 heterocycles. The normalized spacial score (nSPS) is 10.2. The van der Waals surface area contributed by atoms with Gasteiger partial charge in [0, 0.05) is 0 Å². The molecule has 0 fully saturated rings. The van der Waals surface area contributed by atoms with Gasteiger partial charge < -0.3 is 14.8 Å². The molecule has 2 N–H and O–H groups in total. The topological polar surface area (TPSA) is 75.4 Å². The van der Waals surface area contributed by atoms with Crippen LogP contribution in [-0.2, 0) is 6.54 Å². The van der Waals surface area contributed by atoms with Crippen molar-refractivity contribution in [1.29, 1.82) is 0 Å². The number of aromatic carboxylic acids is 1. The summed E-state index contributed by atoms with van der Waals surface area (Å²) in [5, 5.41) is 11.7. The highest BCUT2D eigenvalue weighted by molar-refractivity contribution is 5.86. The smallest absolute Gasteiger partial charge is 0.358 e. The Kier molecular flexibility index (Phi) is 3.45. The summed E-state index contributed by atoms with van der Waals surface area (Å²) < 4.78 is 4.92. The van der Waals surface area contributed by atoms with Gasteiger partial charge in [-0.15, -0.1) is 0 Å². The fourth-order valence-electron chi connectivity index (χ4n) is 0.949. The van der Waals surface area contributed by atoms with E-state index in [-0.39, 0.29) is 5.69 Å². The second-order valence-electron chi connectivity index (χ2n) is 2.61. The molecule has 5 nitrogen and oxygen atoms in total. The maximum atomic E-state index is 10.6. The van der Waals surface area contributed by atoms with Crippen LogP contribution in [0.1, 0.15) is 29.6 Å². The lowest BCUT2D eigenvalue weighted by Crippen LogP contribution is -2.15. The van der Waals surface area contributed by atoms with E-state index in [1.54, 1.807) is 0 Å². The molecule has 5 heteroatoms. The third kappa shape index (κ3) is 2.55. The summed E-state index contributed by atoms with van der Waals surface area (Å²) in [5.41, 5.74) is -0.0106. The fourth-order valence-corrected chi connectivity index (χ4v) is 0.949. The Labute approximate surface area is 75.8 Å². The summed E-state index contributed by atoms with van der Waals surface area (Å²) in [5.74, 6) is -0.678. The number of carbonyl (C=O) groups is 1. The average molecular weight is 184 g/mol. The Morgan fingerprint density at radius 2 is 2.54 bits per heavy atom. The van der Waals surface area contributed by atoms with Crippen molar-refractivity contribution in [3.8, 4) is 0 Å². The minimum atomic E-state index is -1.05. The van der Waals surface area contributed by atoms with Gasteiger partial charge in [-0.3, -0.25) is 0 Å². The molecule has 1 rings (SSSR count). The predicted molar refractivity (Wildman–Crippen MR) is 45.5 cm³/mol. The monoisotopic (exact) mass is 184 g/mol. The molecule has 0 aliphatic rings. The summed E-state index contributed by atoms with van der Waals surface area (Å²) in [6.07, 6.45) is 2.14. The standard InChI is InChI=1S/C8H12N2O3/c1-2-3-9-4-6-7(8(11)12)10-5-13-6/h5,9H,2-4H2,1H3,(H,11,12). The molecule has 0 saturated heterocycles. The van der Waals surface area contributed by atoms with Crippen LogP contribution in [-0.4, -0.2) is 22.6 Å². The van der Waals surface area contributed by atoms with Crippen LogP contribution >= 0.6 is 0 Å². The van der Waals surface area contributed by atoms with Gasteiger partial charge in [0.05, 0.1) is 6.54 Å². The number of oxazole rings is 1. The highest BCUT2D eigenvalue weighted by Crippen LogP contribution is 2.05. The van der Waals surface area contributed by atoms with Crippen LogP contribution in [0.3, 0.4) is 0 Å². The van der Waals surface area contributed by atoms with Crippen LogP contribution in [0.15, 0.2) is 10.8 Å². The Hall–Kier alpha value is -1.36. The van der Waals surface area contributed by atoms with Gasteiger partial charge in [0.15, 0.2) is 17.8 Å². The van der Waals surface area contributed by atoms with E-state index in [1.807, 2.05) is 6.92 Å². The molecule has 1 aromatic heterocycles. The minimum absolute atomic E-state index is 0.0106. The zero-order valence-electron chi connectivity index (χ0n) is 7.41. The largest absolute Gasteiger partial charge is 0.476 e. The van der Waals surface area contributed by atoms with E-state index < -0.39 is 5.97 Å². The van der Waals surface area contributed by atoms with Gasteiger partial charge in [-0.1, -0.05) is 6.92 Å². The summed E-state index contributed by atoms with van der Waals surface area (Å²) in [4.78, 5) is 14.2. The molecule has 13 heavy (non-hydrogen) atoms. The molecule has 0 aromatic carbocycles. The summed E-state index contributed by atoms with van der Waals surface area (Å²) in [6, 6.07) is 0. The van der Waals surface area contributed by atoms with Crippen LogP contribution in [0.2, 0.25) is 0 Å². The lowest BCUT2D eigenvalue weighted by atomic mass is 10.3. The average Bonchev–Trinajstić information content (AvgIpc) is 2.53. The maximum Gasteiger partial charge on any atom is 0.358 e. The zero-order chi connectivity index (χ0) is 9.68. The molecule has 1 aromatic rings. The van der Waals surface area contributed by atoms with Gasteiger partial charge in [-0.2, -0.15) is 0 Å². The Balaban J connectivity index is 2.55. The molecule has 0 unspecified atom stereocenters. The van der Waals surface area contributed by atoms with Crippen molar-refractivity contribution >= 4 is 5.97 Å². The van der Waals surface area contributed by atoms with Gasteiger partial charge in [0.2, 0.25) is 0 Å². The minimum Gasteiger partial charge on any atom is -0.476 e. The van der Waals surface area contributed by atoms with Crippen molar-refractivity contribution in [2.75, 3.05) is 6.54 Å². The van der Waals surface area contributed by atoms with Gasteiger partial charge >= 0.3 is 5.97 Å². The lowest BCUT2D eigenvalue weighted by Gasteiger charge is -1.99. The third-order valence-corrected chi connectivity index (χ3v) is 1.56. The molecule has 0 aliphatic carbocycles. The van der Waals surface area contributed by atoms with E-state index in [1.165, 1.54) is 0 Å². The molecule has 0 amide bonds. The van der Waals surface area contributed by atoms with E-state index in [0.717, 1.165) is 19.4 Å². The van der Waals surface area contributed by atoms with Crippen molar-refractivity contribution in [2.24, 2.45) is 0 Å². The molecule has 0 radical (unpaired) electrons. The van der Waals surface area contributed by atoms with Crippen molar-refractivity contribution in [3.63, 3.8) is 0 Å². The molecule has 0 bridgehead atoms. The number of aromatic nitrogens is 1. The Morgan fingerprint density at radius 3 is 3.15 bits per heavy atom. The van der Waals surface area contributed by atoms with Crippen LogP contribution in [0.25, 0.3) is 0 Å². The highest BCUT2D eigenvalue weighted by atomic mass is 16.4. The van der Waals surface area contributed by atoms with Crippen molar-refractivity contribution in [2.45, 2.75) is 19.9 Å². The Bertz CT molecular complexity index is 283. The first-order chi connectivity index (χ1) is 6.25. The van der Waals surface area contributed by atoms with Crippen LogP contribution in [0.5, 0.6) is 0 Å². The summed E-state index contributed by atoms with van der Waals surface area (Å²) in [6.45, 7) is 3.28.